The van der Waals surface area contributed by atoms with Crippen LogP contribution in [0.2, 0.25) is 0 Å². The predicted molar refractivity (Wildman–Crippen MR) is 82.2 cm³/mol. The van der Waals surface area contributed by atoms with Gasteiger partial charge in [-0.3, -0.25) is 10.1 Å². The molecule has 0 aliphatic heterocycles. The summed E-state index contributed by atoms with van der Waals surface area (Å²) in [5, 5.41) is 12.3. The molecule has 9 heteroatoms. The Kier molecular flexibility index (Phi) is 5.87. The number of urea groups is 1. The third-order valence-electron chi connectivity index (χ3n) is 2.48. The van der Waals surface area contributed by atoms with Gasteiger partial charge in [-0.05, 0) is 24.3 Å². The fourth-order valence-electron chi connectivity index (χ4n) is 1.48. The zero-order valence-electron chi connectivity index (χ0n) is 11.9. The first-order chi connectivity index (χ1) is 11.1. The SMILES string of the molecule is C=CCNC(=O)NC(=O)CSc1nnc(-c2ccc(F)cc2)o1. The Balaban J connectivity index is 1.85. The number of thioether (sulfide) groups is 1. The lowest BCUT2D eigenvalue weighted by molar-refractivity contribution is -0.117. The van der Waals surface area contributed by atoms with Crippen LogP contribution in [0, 0.1) is 5.82 Å². The number of amides is 3. The third-order valence-corrected chi connectivity index (χ3v) is 3.30. The minimum Gasteiger partial charge on any atom is -0.411 e. The number of hydrogen-bond donors (Lipinski definition) is 2. The van der Waals surface area contributed by atoms with Gasteiger partial charge in [0.2, 0.25) is 11.8 Å². The van der Waals surface area contributed by atoms with Gasteiger partial charge in [0.25, 0.3) is 5.22 Å². The molecule has 0 bridgehead atoms. The van der Waals surface area contributed by atoms with Gasteiger partial charge >= 0.3 is 6.03 Å². The first-order valence-corrected chi connectivity index (χ1v) is 7.48. The summed E-state index contributed by atoms with van der Waals surface area (Å²) in [5.41, 5.74) is 0.569. The van der Waals surface area contributed by atoms with Crippen LogP contribution >= 0.6 is 11.8 Å². The van der Waals surface area contributed by atoms with Crippen molar-refractivity contribution in [3.8, 4) is 11.5 Å². The fraction of sp³-hybridized carbons (Fsp3) is 0.143. The second kappa shape index (κ2) is 8.08. The number of nitrogens with zero attached hydrogens (tertiary/aromatic N) is 2. The largest absolute Gasteiger partial charge is 0.411 e. The molecule has 0 spiro atoms. The van der Waals surface area contributed by atoms with E-state index in [9.17, 15) is 14.0 Å². The molecule has 7 nitrogen and oxygen atoms in total. The van der Waals surface area contributed by atoms with E-state index in [1.165, 1.54) is 30.3 Å². The first-order valence-electron chi connectivity index (χ1n) is 6.49. The molecule has 2 rings (SSSR count). The Labute approximate surface area is 135 Å². The van der Waals surface area contributed by atoms with Crippen LogP contribution in [0.1, 0.15) is 0 Å². The lowest BCUT2D eigenvalue weighted by Crippen LogP contribution is -2.40. The monoisotopic (exact) mass is 336 g/mol. The van der Waals surface area contributed by atoms with E-state index >= 15 is 0 Å². The smallest absolute Gasteiger partial charge is 0.321 e. The van der Waals surface area contributed by atoms with Crippen molar-refractivity contribution in [2.45, 2.75) is 5.22 Å². The number of nitrogens with one attached hydrogen (secondary N) is 2. The summed E-state index contributed by atoms with van der Waals surface area (Å²) in [6, 6.07) is 4.97. The highest BCUT2D eigenvalue weighted by molar-refractivity contribution is 7.99. The van der Waals surface area contributed by atoms with Gasteiger partial charge in [0.05, 0.1) is 5.75 Å². The summed E-state index contributed by atoms with van der Waals surface area (Å²) in [7, 11) is 0. The molecular formula is C14H13FN4O3S. The summed E-state index contributed by atoms with van der Waals surface area (Å²) in [6.07, 6.45) is 1.49. The first kappa shape index (κ1) is 16.7. The highest BCUT2D eigenvalue weighted by Gasteiger charge is 2.12. The van der Waals surface area contributed by atoms with Crippen molar-refractivity contribution in [3.05, 3.63) is 42.7 Å². The van der Waals surface area contributed by atoms with Crippen LogP contribution in [-0.4, -0.2) is 34.4 Å². The molecule has 1 heterocycles. The van der Waals surface area contributed by atoms with Crippen LogP contribution in [0.5, 0.6) is 0 Å². The summed E-state index contributed by atoms with van der Waals surface area (Å²) in [4.78, 5) is 22.8. The van der Waals surface area contributed by atoms with Gasteiger partial charge in [0.15, 0.2) is 0 Å². The highest BCUT2D eigenvalue weighted by Crippen LogP contribution is 2.23. The summed E-state index contributed by atoms with van der Waals surface area (Å²) in [6.45, 7) is 3.70. The molecule has 0 aliphatic rings. The van der Waals surface area contributed by atoms with Crippen LogP contribution < -0.4 is 10.6 Å². The Morgan fingerprint density at radius 2 is 2.04 bits per heavy atom. The van der Waals surface area contributed by atoms with E-state index in [2.05, 4.69) is 27.4 Å². The van der Waals surface area contributed by atoms with E-state index in [4.69, 9.17) is 4.42 Å². The Bertz CT molecular complexity index is 702. The lowest BCUT2D eigenvalue weighted by Gasteiger charge is -2.03. The minimum absolute atomic E-state index is 0.0629. The van der Waals surface area contributed by atoms with Crippen LogP contribution in [0.25, 0.3) is 11.5 Å². The molecular weight excluding hydrogens is 323 g/mol. The number of benzene rings is 1. The lowest BCUT2D eigenvalue weighted by atomic mass is 10.2. The maximum atomic E-state index is 12.8. The summed E-state index contributed by atoms with van der Waals surface area (Å²) >= 11 is 0.986. The Morgan fingerprint density at radius 3 is 2.74 bits per heavy atom. The zero-order chi connectivity index (χ0) is 16.7. The maximum Gasteiger partial charge on any atom is 0.321 e. The topological polar surface area (TPSA) is 97.1 Å². The van der Waals surface area contributed by atoms with Crippen molar-refractivity contribution in [2.75, 3.05) is 12.3 Å². The third kappa shape index (κ3) is 5.22. The van der Waals surface area contributed by atoms with Crippen molar-refractivity contribution in [2.24, 2.45) is 0 Å². The molecule has 0 saturated heterocycles. The molecule has 0 radical (unpaired) electrons. The van der Waals surface area contributed by atoms with E-state index in [0.29, 0.717) is 5.56 Å². The van der Waals surface area contributed by atoms with Gasteiger partial charge in [-0.2, -0.15) is 0 Å². The quantitative estimate of drug-likeness (QED) is 0.618. The molecule has 0 saturated carbocycles. The van der Waals surface area contributed by atoms with E-state index in [-0.39, 0.29) is 29.2 Å². The molecule has 120 valence electrons. The normalized spacial score (nSPS) is 10.1. The van der Waals surface area contributed by atoms with E-state index in [0.717, 1.165) is 11.8 Å². The molecule has 1 aromatic carbocycles. The number of hydrogen-bond acceptors (Lipinski definition) is 6. The highest BCUT2D eigenvalue weighted by atomic mass is 32.2. The van der Waals surface area contributed by atoms with Crippen LogP contribution in [0.4, 0.5) is 9.18 Å². The number of halogens is 1. The number of imide groups is 1. The number of rotatable bonds is 6. The Morgan fingerprint density at radius 1 is 1.30 bits per heavy atom. The molecule has 0 aliphatic carbocycles. The molecule has 2 N–H and O–H groups in total. The zero-order valence-corrected chi connectivity index (χ0v) is 12.7. The average molecular weight is 336 g/mol. The molecule has 0 unspecified atom stereocenters. The average Bonchev–Trinajstić information content (AvgIpc) is 3.00. The van der Waals surface area contributed by atoms with Crippen molar-refractivity contribution in [3.63, 3.8) is 0 Å². The maximum absolute atomic E-state index is 12.8. The van der Waals surface area contributed by atoms with E-state index in [1.807, 2.05) is 0 Å². The second-order valence-corrected chi connectivity index (χ2v) is 5.14. The summed E-state index contributed by atoms with van der Waals surface area (Å²) < 4.78 is 18.2. The van der Waals surface area contributed by atoms with E-state index in [1.54, 1.807) is 0 Å². The Hall–Kier alpha value is -2.68. The van der Waals surface area contributed by atoms with Crippen molar-refractivity contribution < 1.29 is 18.4 Å². The van der Waals surface area contributed by atoms with Crippen molar-refractivity contribution >= 4 is 23.7 Å². The standard InChI is InChI=1S/C14H13FN4O3S/c1-2-7-16-13(21)17-11(20)8-23-14-19-18-12(22-14)9-3-5-10(15)6-4-9/h2-6H,1,7-8H2,(H2,16,17,20,21). The van der Waals surface area contributed by atoms with Gasteiger partial charge in [0.1, 0.15) is 5.82 Å². The van der Waals surface area contributed by atoms with Crippen LogP contribution in [-0.2, 0) is 4.79 Å². The molecule has 23 heavy (non-hydrogen) atoms. The molecule has 2 aromatic rings. The molecule has 1 aromatic heterocycles. The number of carbonyl (C=O) groups excluding carboxylic acids is 2. The second-order valence-electron chi connectivity index (χ2n) is 4.22. The summed E-state index contributed by atoms with van der Waals surface area (Å²) in [5.74, 6) is -0.712. The van der Waals surface area contributed by atoms with Crippen molar-refractivity contribution in [1.29, 1.82) is 0 Å². The van der Waals surface area contributed by atoms with E-state index < -0.39 is 11.9 Å². The van der Waals surface area contributed by atoms with Crippen LogP contribution in [0.3, 0.4) is 0 Å². The van der Waals surface area contributed by atoms with Gasteiger partial charge in [-0.15, -0.1) is 16.8 Å². The number of aromatic nitrogens is 2. The van der Waals surface area contributed by atoms with Gasteiger partial charge < -0.3 is 9.73 Å². The molecule has 0 atom stereocenters. The van der Waals surface area contributed by atoms with Gasteiger partial charge in [-0.1, -0.05) is 17.8 Å². The van der Waals surface area contributed by atoms with Gasteiger partial charge in [-0.25, -0.2) is 9.18 Å². The molecule has 3 amide bonds. The minimum atomic E-state index is -0.604. The van der Waals surface area contributed by atoms with Crippen molar-refractivity contribution in [1.82, 2.24) is 20.8 Å². The predicted octanol–water partition coefficient (Wildman–Crippen LogP) is 1.98. The molecule has 0 fully saturated rings. The van der Waals surface area contributed by atoms with Crippen LogP contribution in [0.15, 0.2) is 46.6 Å². The van der Waals surface area contributed by atoms with Gasteiger partial charge in [0, 0.05) is 12.1 Å². The fourth-order valence-corrected chi connectivity index (χ4v) is 2.04. The number of carbonyl (C=O) groups is 2.